The summed E-state index contributed by atoms with van der Waals surface area (Å²) in [4.78, 5) is 10.7. The summed E-state index contributed by atoms with van der Waals surface area (Å²) in [5.74, 6) is -0.0113. The molecule has 0 aliphatic carbocycles. The number of rotatable bonds is 6. The first kappa shape index (κ1) is 16.8. The van der Waals surface area contributed by atoms with Gasteiger partial charge in [-0.05, 0) is 49.7 Å². The molecule has 0 aliphatic heterocycles. The molecule has 2 aromatic carbocycles. The molecule has 0 spiro atoms. The van der Waals surface area contributed by atoms with Crippen molar-refractivity contribution in [2.75, 3.05) is 15.8 Å². The second-order valence-electron chi connectivity index (χ2n) is 4.99. The van der Waals surface area contributed by atoms with Gasteiger partial charge in [-0.2, -0.15) is 0 Å². The number of aryl methyl sites for hydroxylation is 1. The Labute approximate surface area is 134 Å². The lowest BCUT2D eigenvalue weighted by molar-refractivity contribution is -0.384. The SMILES string of the molecule is CCS(=O)(=O)Nc1ccc(Nc2ccc(C)cc2[N+](=O)[O-])cc1. The summed E-state index contributed by atoms with van der Waals surface area (Å²) >= 11 is 0. The number of nitro benzene ring substituents is 1. The molecule has 0 amide bonds. The first-order valence-corrected chi connectivity index (χ1v) is 8.58. The smallest absolute Gasteiger partial charge is 0.292 e. The number of benzene rings is 2. The number of hydrogen-bond donors (Lipinski definition) is 2. The van der Waals surface area contributed by atoms with E-state index in [4.69, 9.17) is 0 Å². The van der Waals surface area contributed by atoms with Crippen LogP contribution in [-0.2, 0) is 10.0 Å². The first-order chi connectivity index (χ1) is 10.8. The van der Waals surface area contributed by atoms with Crippen LogP contribution in [0.15, 0.2) is 42.5 Å². The van der Waals surface area contributed by atoms with E-state index in [1.807, 2.05) is 0 Å². The molecule has 0 saturated heterocycles. The molecular weight excluding hydrogens is 318 g/mol. The summed E-state index contributed by atoms with van der Waals surface area (Å²) in [5.41, 5.74) is 2.22. The molecule has 8 heteroatoms. The molecule has 2 aromatic rings. The lowest BCUT2D eigenvalue weighted by Crippen LogP contribution is -2.14. The van der Waals surface area contributed by atoms with E-state index in [9.17, 15) is 18.5 Å². The maximum Gasteiger partial charge on any atom is 0.292 e. The minimum absolute atomic E-state index is 0.0113. The zero-order chi connectivity index (χ0) is 17.0. The Balaban J connectivity index is 2.20. The van der Waals surface area contributed by atoms with Gasteiger partial charge >= 0.3 is 0 Å². The molecule has 23 heavy (non-hydrogen) atoms. The highest BCUT2D eigenvalue weighted by atomic mass is 32.2. The van der Waals surface area contributed by atoms with E-state index in [1.54, 1.807) is 50.2 Å². The third-order valence-electron chi connectivity index (χ3n) is 3.17. The molecule has 0 unspecified atom stereocenters. The number of sulfonamides is 1. The van der Waals surface area contributed by atoms with Crippen molar-refractivity contribution in [1.29, 1.82) is 0 Å². The third-order valence-corrected chi connectivity index (χ3v) is 4.47. The van der Waals surface area contributed by atoms with Gasteiger partial charge < -0.3 is 5.32 Å². The summed E-state index contributed by atoms with van der Waals surface area (Å²) in [6.45, 7) is 3.33. The highest BCUT2D eigenvalue weighted by molar-refractivity contribution is 7.92. The fourth-order valence-electron chi connectivity index (χ4n) is 1.93. The normalized spacial score (nSPS) is 11.0. The summed E-state index contributed by atoms with van der Waals surface area (Å²) in [6.07, 6.45) is 0. The third kappa shape index (κ3) is 4.43. The van der Waals surface area contributed by atoms with E-state index in [-0.39, 0.29) is 11.4 Å². The van der Waals surface area contributed by atoms with Crippen molar-refractivity contribution in [1.82, 2.24) is 0 Å². The lowest BCUT2D eigenvalue weighted by Gasteiger charge is -2.10. The minimum atomic E-state index is -3.33. The summed E-state index contributed by atoms with van der Waals surface area (Å²) in [6, 6.07) is 11.4. The monoisotopic (exact) mass is 335 g/mol. The number of nitrogens with one attached hydrogen (secondary N) is 2. The van der Waals surface area contributed by atoms with Gasteiger partial charge in [0.25, 0.3) is 5.69 Å². The molecule has 0 saturated carbocycles. The van der Waals surface area contributed by atoms with E-state index < -0.39 is 14.9 Å². The molecular formula is C15H17N3O4S. The average molecular weight is 335 g/mol. The van der Waals surface area contributed by atoms with Crippen molar-refractivity contribution in [3.63, 3.8) is 0 Å². The minimum Gasteiger partial charge on any atom is -0.350 e. The lowest BCUT2D eigenvalue weighted by atomic mass is 10.2. The number of nitro groups is 1. The fourth-order valence-corrected chi connectivity index (χ4v) is 2.57. The molecule has 0 radical (unpaired) electrons. The van der Waals surface area contributed by atoms with Gasteiger partial charge in [-0.1, -0.05) is 6.07 Å². The molecule has 0 heterocycles. The van der Waals surface area contributed by atoms with Crippen LogP contribution in [-0.4, -0.2) is 19.1 Å². The van der Waals surface area contributed by atoms with Gasteiger partial charge in [0.1, 0.15) is 5.69 Å². The molecule has 2 N–H and O–H groups in total. The number of nitrogens with zero attached hydrogens (tertiary/aromatic N) is 1. The van der Waals surface area contributed by atoms with Crippen molar-refractivity contribution >= 4 is 32.8 Å². The second-order valence-corrected chi connectivity index (χ2v) is 7.00. The van der Waals surface area contributed by atoms with Crippen molar-refractivity contribution in [2.45, 2.75) is 13.8 Å². The highest BCUT2D eigenvalue weighted by Gasteiger charge is 2.14. The predicted molar refractivity (Wildman–Crippen MR) is 90.6 cm³/mol. The maximum atomic E-state index is 11.5. The quantitative estimate of drug-likeness (QED) is 0.622. The van der Waals surface area contributed by atoms with Crippen LogP contribution in [0.1, 0.15) is 12.5 Å². The molecule has 0 bridgehead atoms. The van der Waals surface area contributed by atoms with Crippen LogP contribution in [0.5, 0.6) is 0 Å². The first-order valence-electron chi connectivity index (χ1n) is 6.93. The van der Waals surface area contributed by atoms with Crippen molar-refractivity contribution < 1.29 is 13.3 Å². The van der Waals surface area contributed by atoms with Crippen LogP contribution in [0.4, 0.5) is 22.7 Å². The van der Waals surface area contributed by atoms with E-state index in [2.05, 4.69) is 10.0 Å². The Morgan fingerprint density at radius 2 is 1.70 bits per heavy atom. The van der Waals surface area contributed by atoms with Gasteiger partial charge in [0, 0.05) is 17.4 Å². The van der Waals surface area contributed by atoms with Crippen LogP contribution in [0.25, 0.3) is 0 Å². The van der Waals surface area contributed by atoms with E-state index in [1.165, 1.54) is 6.07 Å². The molecule has 0 fully saturated rings. The van der Waals surface area contributed by atoms with Crippen molar-refractivity contribution in [3.8, 4) is 0 Å². The Morgan fingerprint density at radius 1 is 1.09 bits per heavy atom. The largest absolute Gasteiger partial charge is 0.350 e. The summed E-state index contributed by atoms with van der Waals surface area (Å²) in [5, 5.41) is 14.1. The zero-order valence-corrected chi connectivity index (χ0v) is 13.6. The van der Waals surface area contributed by atoms with Crippen molar-refractivity contribution in [3.05, 3.63) is 58.1 Å². The van der Waals surface area contributed by atoms with Crippen LogP contribution in [0.3, 0.4) is 0 Å². The summed E-state index contributed by atoms with van der Waals surface area (Å²) < 4.78 is 25.4. The molecule has 122 valence electrons. The topological polar surface area (TPSA) is 101 Å². The van der Waals surface area contributed by atoms with Gasteiger partial charge in [-0.25, -0.2) is 8.42 Å². The van der Waals surface area contributed by atoms with Gasteiger partial charge in [0.15, 0.2) is 0 Å². The van der Waals surface area contributed by atoms with Crippen LogP contribution < -0.4 is 10.0 Å². The van der Waals surface area contributed by atoms with Gasteiger partial charge in [-0.15, -0.1) is 0 Å². The van der Waals surface area contributed by atoms with Crippen LogP contribution >= 0.6 is 0 Å². The molecule has 0 atom stereocenters. The van der Waals surface area contributed by atoms with Gasteiger partial charge in [0.2, 0.25) is 10.0 Å². The molecule has 7 nitrogen and oxygen atoms in total. The van der Waals surface area contributed by atoms with Crippen LogP contribution in [0, 0.1) is 17.0 Å². The Bertz CT molecular complexity index is 817. The van der Waals surface area contributed by atoms with Gasteiger partial charge in [-0.3, -0.25) is 14.8 Å². The second kappa shape index (κ2) is 6.66. The molecule has 0 aromatic heterocycles. The molecule has 0 aliphatic rings. The zero-order valence-electron chi connectivity index (χ0n) is 12.7. The van der Waals surface area contributed by atoms with E-state index >= 15 is 0 Å². The number of anilines is 3. The predicted octanol–water partition coefficient (Wildman–Crippen LogP) is 3.41. The van der Waals surface area contributed by atoms with Gasteiger partial charge in [0.05, 0.1) is 10.7 Å². The summed E-state index contributed by atoms with van der Waals surface area (Å²) in [7, 11) is -3.33. The maximum absolute atomic E-state index is 11.5. The standard InChI is InChI=1S/C15H17N3O4S/c1-3-23(21,22)17-13-7-5-12(6-8-13)16-14-9-4-11(2)10-15(14)18(19)20/h4-10,16-17H,3H2,1-2H3. The Hall–Kier alpha value is -2.61. The fraction of sp³-hybridized carbons (Fsp3) is 0.200. The number of hydrogen-bond acceptors (Lipinski definition) is 5. The Morgan fingerprint density at radius 3 is 2.26 bits per heavy atom. The molecule has 2 rings (SSSR count). The van der Waals surface area contributed by atoms with Crippen molar-refractivity contribution in [2.24, 2.45) is 0 Å². The highest BCUT2D eigenvalue weighted by Crippen LogP contribution is 2.29. The Kier molecular flexibility index (Phi) is 4.85. The average Bonchev–Trinajstić information content (AvgIpc) is 2.50. The van der Waals surface area contributed by atoms with Crippen LogP contribution in [0.2, 0.25) is 0 Å². The van der Waals surface area contributed by atoms with E-state index in [0.29, 0.717) is 17.1 Å². The van der Waals surface area contributed by atoms with E-state index in [0.717, 1.165) is 5.56 Å².